The molecule has 0 atom stereocenters. The lowest BCUT2D eigenvalue weighted by Gasteiger charge is -2.07. The zero-order chi connectivity index (χ0) is 14.7. The molecule has 0 unspecified atom stereocenters. The van der Waals surface area contributed by atoms with E-state index >= 15 is 0 Å². The molecule has 1 fully saturated rings. The molecule has 2 heterocycles. The van der Waals surface area contributed by atoms with Crippen LogP contribution >= 0.6 is 10.7 Å². The molecule has 0 saturated heterocycles. The summed E-state index contributed by atoms with van der Waals surface area (Å²) < 4.78 is 26.6. The highest BCUT2D eigenvalue weighted by Gasteiger charge is 2.35. The Morgan fingerprint density at radius 1 is 1.25 bits per heavy atom. The zero-order valence-electron chi connectivity index (χ0n) is 11.3. The van der Waals surface area contributed by atoms with E-state index in [2.05, 4.69) is 15.3 Å². The molecule has 1 aliphatic rings. The molecule has 9 heteroatoms. The SMILES string of the molecule is Cc1nn(C)c(C)c1-c1nnc(S(=O)(=O)Cl)n1C1CC1. The molecule has 2 aromatic rings. The van der Waals surface area contributed by atoms with Gasteiger partial charge >= 0.3 is 0 Å². The van der Waals surface area contributed by atoms with Crippen molar-refractivity contribution in [1.29, 1.82) is 0 Å². The van der Waals surface area contributed by atoms with Gasteiger partial charge in [-0.05, 0) is 26.7 Å². The molecule has 0 aromatic carbocycles. The summed E-state index contributed by atoms with van der Waals surface area (Å²) in [5, 5.41) is 12.0. The predicted octanol–water partition coefficient (Wildman–Crippen LogP) is 1.56. The Labute approximate surface area is 121 Å². The molecule has 0 radical (unpaired) electrons. The summed E-state index contributed by atoms with van der Waals surface area (Å²) in [6, 6.07) is 0.0996. The average molecular weight is 316 g/mol. The first-order chi connectivity index (χ1) is 9.30. The molecule has 3 rings (SSSR count). The number of hydrogen-bond donors (Lipinski definition) is 0. The molecule has 20 heavy (non-hydrogen) atoms. The van der Waals surface area contributed by atoms with Gasteiger partial charge in [-0.2, -0.15) is 5.10 Å². The Morgan fingerprint density at radius 2 is 1.90 bits per heavy atom. The first-order valence-electron chi connectivity index (χ1n) is 6.21. The van der Waals surface area contributed by atoms with Crippen LogP contribution in [0.5, 0.6) is 0 Å². The Bertz CT molecular complexity index is 788. The number of aryl methyl sites for hydroxylation is 2. The van der Waals surface area contributed by atoms with Gasteiger partial charge in [0.25, 0.3) is 14.2 Å². The van der Waals surface area contributed by atoms with Crippen LogP contribution in [0.25, 0.3) is 11.4 Å². The second-order valence-corrected chi connectivity index (χ2v) is 7.47. The van der Waals surface area contributed by atoms with Gasteiger partial charge in [-0.15, -0.1) is 10.2 Å². The second kappa shape index (κ2) is 4.29. The topological polar surface area (TPSA) is 82.7 Å². The van der Waals surface area contributed by atoms with Crippen molar-refractivity contribution in [2.45, 2.75) is 37.9 Å². The lowest BCUT2D eigenvalue weighted by Crippen LogP contribution is -2.06. The van der Waals surface area contributed by atoms with Gasteiger partial charge in [0.2, 0.25) is 0 Å². The van der Waals surface area contributed by atoms with Gasteiger partial charge < -0.3 is 0 Å². The Balaban J connectivity index is 2.28. The number of nitrogens with zero attached hydrogens (tertiary/aromatic N) is 5. The molecular formula is C11H14ClN5O2S. The number of hydrogen-bond acceptors (Lipinski definition) is 5. The third-order valence-electron chi connectivity index (χ3n) is 3.53. The van der Waals surface area contributed by atoms with Crippen LogP contribution in [0.15, 0.2) is 5.16 Å². The van der Waals surface area contributed by atoms with Gasteiger partial charge in [0.15, 0.2) is 5.82 Å². The first-order valence-corrected chi connectivity index (χ1v) is 8.51. The highest BCUT2D eigenvalue weighted by molar-refractivity contribution is 8.13. The summed E-state index contributed by atoms with van der Waals surface area (Å²) >= 11 is 0. The molecule has 0 N–H and O–H groups in total. The van der Waals surface area contributed by atoms with Crippen molar-refractivity contribution in [3.8, 4) is 11.4 Å². The van der Waals surface area contributed by atoms with E-state index in [-0.39, 0.29) is 11.2 Å². The largest absolute Gasteiger partial charge is 0.296 e. The van der Waals surface area contributed by atoms with E-state index in [0.29, 0.717) is 5.82 Å². The molecule has 0 spiro atoms. The summed E-state index contributed by atoms with van der Waals surface area (Å²) in [6.07, 6.45) is 1.81. The number of aromatic nitrogens is 5. The van der Waals surface area contributed by atoms with Crippen molar-refractivity contribution >= 4 is 19.7 Å². The van der Waals surface area contributed by atoms with E-state index in [1.165, 1.54) is 0 Å². The van der Waals surface area contributed by atoms with E-state index < -0.39 is 9.05 Å². The molecule has 0 amide bonds. The maximum absolute atomic E-state index is 11.6. The number of rotatable bonds is 3. The minimum Gasteiger partial charge on any atom is -0.294 e. The normalized spacial score (nSPS) is 15.8. The predicted molar refractivity (Wildman–Crippen MR) is 73.0 cm³/mol. The van der Waals surface area contributed by atoms with Crippen LogP contribution in [0.3, 0.4) is 0 Å². The van der Waals surface area contributed by atoms with Crippen LogP contribution in [0, 0.1) is 13.8 Å². The van der Waals surface area contributed by atoms with Crippen molar-refractivity contribution in [3.05, 3.63) is 11.4 Å². The monoisotopic (exact) mass is 315 g/mol. The van der Waals surface area contributed by atoms with Gasteiger partial charge in [0, 0.05) is 29.5 Å². The van der Waals surface area contributed by atoms with Gasteiger partial charge in [-0.3, -0.25) is 9.25 Å². The summed E-state index contributed by atoms with van der Waals surface area (Å²) in [6.45, 7) is 3.78. The molecule has 0 aliphatic heterocycles. The third kappa shape index (κ3) is 2.03. The van der Waals surface area contributed by atoms with Crippen LogP contribution in [0.4, 0.5) is 0 Å². The van der Waals surface area contributed by atoms with Gasteiger partial charge in [-0.1, -0.05) is 0 Å². The fraction of sp³-hybridized carbons (Fsp3) is 0.545. The molecule has 7 nitrogen and oxygen atoms in total. The maximum atomic E-state index is 11.6. The minimum atomic E-state index is -3.91. The average Bonchev–Trinajstić information content (AvgIpc) is 3.02. The molecule has 0 bridgehead atoms. The van der Waals surface area contributed by atoms with Crippen LogP contribution in [-0.2, 0) is 16.1 Å². The highest BCUT2D eigenvalue weighted by atomic mass is 35.7. The van der Waals surface area contributed by atoms with Crippen molar-refractivity contribution < 1.29 is 8.42 Å². The highest BCUT2D eigenvalue weighted by Crippen LogP contribution is 2.41. The first kappa shape index (κ1) is 13.6. The summed E-state index contributed by atoms with van der Waals surface area (Å²) in [5.74, 6) is 0.523. The maximum Gasteiger partial charge on any atom is 0.296 e. The van der Waals surface area contributed by atoms with E-state index in [1.807, 2.05) is 20.9 Å². The Hall–Kier alpha value is -1.41. The van der Waals surface area contributed by atoms with E-state index in [1.54, 1.807) is 9.25 Å². The molecular weight excluding hydrogens is 302 g/mol. The quantitative estimate of drug-likeness (QED) is 0.803. The van der Waals surface area contributed by atoms with E-state index in [4.69, 9.17) is 10.7 Å². The fourth-order valence-corrected chi connectivity index (χ4v) is 3.30. The number of halogens is 1. The Morgan fingerprint density at radius 3 is 2.35 bits per heavy atom. The molecule has 1 aliphatic carbocycles. The third-order valence-corrected chi connectivity index (χ3v) is 4.66. The van der Waals surface area contributed by atoms with Crippen molar-refractivity contribution in [3.63, 3.8) is 0 Å². The fourth-order valence-electron chi connectivity index (χ4n) is 2.37. The molecule has 2 aromatic heterocycles. The standard InChI is InChI=1S/C11H14ClN5O2S/c1-6-9(7(2)16(3)15-6)10-13-14-11(20(12,18)19)17(10)8-4-5-8/h8H,4-5H2,1-3H3. The van der Waals surface area contributed by atoms with E-state index in [9.17, 15) is 8.42 Å². The summed E-state index contributed by atoms with van der Waals surface area (Å²) in [4.78, 5) is 0. The lowest BCUT2D eigenvalue weighted by atomic mass is 10.2. The van der Waals surface area contributed by atoms with Gasteiger partial charge in [0.05, 0.1) is 11.3 Å². The Kier molecular flexibility index (Phi) is 2.91. The van der Waals surface area contributed by atoms with Crippen LogP contribution in [0.1, 0.15) is 30.3 Å². The summed E-state index contributed by atoms with van der Waals surface area (Å²) in [5.41, 5.74) is 2.52. The van der Waals surface area contributed by atoms with Crippen molar-refractivity contribution in [1.82, 2.24) is 24.5 Å². The molecule has 108 valence electrons. The van der Waals surface area contributed by atoms with Crippen LogP contribution in [-0.4, -0.2) is 33.0 Å². The smallest absolute Gasteiger partial charge is 0.294 e. The minimum absolute atomic E-state index is 0.0996. The van der Waals surface area contributed by atoms with Gasteiger partial charge in [-0.25, -0.2) is 8.42 Å². The lowest BCUT2D eigenvalue weighted by molar-refractivity contribution is 0.579. The van der Waals surface area contributed by atoms with Gasteiger partial charge in [0.1, 0.15) is 0 Å². The van der Waals surface area contributed by atoms with E-state index in [0.717, 1.165) is 29.8 Å². The molecule has 1 saturated carbocycles. The summed E-state index contributed by atoms with van der Waals surface area (Å²) in [7, 11) is 3.38. The second-order valence-electron chi connectivity index (χ2n) is 5.01. The van der Waals surface area contributed by atoms with Crippen molar-refractivity contribution in [2.24, 2.45) is 7.05 Å². The zero-order valence-corrected chi connectivity index (χ0v) is 12.9. The van der Waals surface area contributed by atoms with Crippen LogP contribution in [0.2, 0.25) is 0 Å². The van der Waals surface area contributed by atoms with Crippen molar-refractivity contribution in [2.75, 3.05) is 0 Å². The van der Waals surface area contributed by atoms with Crippen LogP contribution < -0.4 is 0 Å².